The average Bonchev–Trinajstić information content (AvgIpc) is 2.82. The SMILES string of the molecule is Cc1cccc(S(=O)(=O)N2C[C@H](CC3(C(=O)O)CCC3)Oc3ccc(-c4cccc(Cl)c4F)cc32)c1. The van der Waals surface area contributed by atoms with Crippen molar-refractivity contribution in [3.63, 3.8) is 0 Å². The van der Waals surface area contributed by atoms with Crippen LogP contribution < -0.4 is 9.04 Å². The first-order chi connectivity index (χ1) is 17.1. The van der Waals surface area contributed by atoms with E-state index >= 15 is 0 Å². The molecule has 9 heteroatoms. The lowest BCUT2D eigenvalue weighted by atomic mass is 9.65. The number of ether oxygens (including phenoxy) is 1. The maximum atomic E-state index is 14.8. The Morgan fingerprint density at radius 3 is 2.58 bits per heavy atom. The lowest BCUT2D eigenvalue weighted by Crippen LogP contribution is -2.49. The van der Waals surface area contributed by atoms with Crippen molar-refractivity contribution >= 4 is 33.3 Å². The van der Waals surface area contributed by atoms with E-state index in [0.29, 0.717) is 24.2 Å². The molecule has 1 saturated carbocycles. The third-order valence-corrected chi connectivity index (χ3v) is 9.18. The number of carbonyl (C=O) groups is 1. The zero-order valence-corrected chi connectivity index (χ0v) is 21.2. The summed E-state index contributed by atoms with van der Waals surface area (Å²) in [5.74, 6) is -1.19. The first-order valence-corrected chi connectivity index (χ1v) is 13.5. The van der Waals surface area contributed by atoms with Gasteiger partial charge in [0.1, 0.15) is 17.7 Å². The molecule has 1 aliphatic carbocycles. The molecule has 1 fully saturated rings. The predicted octanol–water partition coefficient (Wildman–Crippen LogP) is 6.06. The third-order valence-electron chi connectivity index (χ3n) is 7.11. The van der Waals surface area contributed by atoms with Crippen LogP contribution >= 0.6 is 11.6 Å². The van der Waals surface area contributed by atoms with Gasteiger partial charge in [-0.05, 0) is 61.2 Å². The topological polar surface area (TPSA) is 83.9 Å². The van der Waals surface area contributed by atoms with Crippen LogP contribution in [0.15, 0.2) is 65.6 Å². The van der Waals surface area contributed by atoms with Crippen LogP contribution in [0.5, 0.6) is 5.75 Å². The van der Waals surface area contributed by atoms with Gasteiger partial charge in [0.2, 0.25) is 0 Å². The zero-order valence-electron chi connectivity index (χ0n) is 19.6. The number of nitrogens with zero attached hydrogens (tertiary/aromatic N) is 1. The van der Waals surface area contributed by atoms with E-state index in [9.17, 15) is 22.7 Å². The highest BCUT2D eigenvalue weighted by molar-refractivity contribution is 7.92. The van der Waals surface area contributed by atoms with E-state index in [1.165, 1.54) is 16.4 Å². The molecule has 3 aromatic carbocycles. The smallest absolute Gasteiger partial charge is 0.309 e. The van der Waals surface area contributed by atoms with Crippen LogP contribution in [0.25, 0.3) is 11.1 Å². The fourth-order valence-corrected chi connectivity index (χ4v) is 6.77. The van der Waals surface area contributed by atoms with Crippen molar-refractivity contribution in [2.75, 3.05) is 10.8 Å². The molecule has 3 aromatic rings. The zero-order chi connectivity index (χ0) is 25.7. The van der Waals surface area contributed by atoms with Gasteiger partial charge >= 0.3 is 5.97 Å². The summed E-state index contributed by atoms with van der Waals surface area (Å²) >= 11 is 5.97. The van der Waals surface area contributed by atoms with Gasteiger partial charge in [-0.2, -0.15) is 0 Å². The van der Waals surface area contributed by atoms with E-state index in [1.807, 2.05) is 13.0 Å². The molecular formula is C27H25ClFNO5S. The van der Waals surface area contributed by atoms with Crippen molar-refractivity contribution in [2.45, 2.75) is 43.6 Å². The van der Waals surface area contributed by atoms with Crippen molar-refractivity contribution in [1.29, 1.82) is 0 Å². The monoisotopic (exact) mass is 529 g/mol. The number of hydrogen-bond acceptors (Lipinski definition) is 4. The predicted molar refractivity (Wildman–Crippen MR) is 136 cm³/mol. The lowest BCUT2D eigenvalue weighted by Gasteiger charge is -2.43. The van der Waals surface area contributed by atoms with Crippen molar-refractivity contribution in [3.8, 4) is 16.9 Å². The fraction of sp³-hybridized carbons (Fsp3) is 0.296. The van der Waals surface area contributed by atoms with Crippen LogP contribution in [0.4, 0.5) is 10.1 Å². The fourth-order valence-electron chi connectivity index (χ4n) is 4.99. The van der Waals surface area contributed by atoms with Gasteiger partial charge in [0.15, 0.2) is 0 Å². The van der Waals surface area contributed by atoms with Crippen LogP contribution in [0.1, 0.15) is 31.2 Å². The van der Waals surface area contributed by atoms with E-state index in [0.717, 1.165) is 12.0 Å². The molecule has 1 heterocycles. The normalized spacial score (nSPS) is 18.6. The van der Waals surface area contributed by atoms with Crippen molar-refractivity contribution in [3.05, 3.63) is 77.1 Å². The summed E-state index contributed by atoms with van der Waals surface area (Å²) in [5.41, 5.74) is 0.823. The van der Waals surface area contributed by atoms with E-state index < -0.39 is 33.3 Å². The summed E-state index contributed by atoms with van der Waals surface area (Å²) in [4.78, 5) is 12.1. The van der Waals surface area contributed by atoms with Crippen LogP contribution in [0.2, 0.25) is 5.02 Å². The number of carboxylic acid groups (broad SMARTS) is 1. The minimum absolute atomic E-state index is 0.0368. The Kier molecular flexibility index (Phi) is 6.21. The Bertz CT molecular complexity index is 1450. The number of carboxylic acids is 1. The highest BCUT2D eigenvalue weighted by Gasteiger charge is 2.48. The Hall–Kier alpha value is -3.10. The highest BCUT2D eigenvalue weighted by Crippen LogP contribution is 2.48. The molecule has 6 nitrogen and oxygen atoms in total. The summed E-state index contributed by atoms with van der Waals surface area (Å²) in [6.45, 7) is 1.75. The number of rotatable bonds is 6. The minimum atomic E-state index is -4.03. The van der Waals surface area contributed by atoms with Crippen molar-refractivity contribution in [1.82, 2.24) is 0 Å². The molecular weight excluding hydrogens is 505 g/mol. The molecule has 5 rings (SSSR count). The number of fused-ring (bicyclic) bond motifs is 1. The van der Waals surface area contributed by atoms with Gasteiger partial charge in [-0.25, -0.2) is 12.8 Å². The van der Waals surface area contributed by atoms with E-state index in [-0.39, 0.29) is 34.1 Å². The largest absolute Gasteiger partial charge is 0.486 e. The van der Waals surface area contributed by atoms with Gasteiger partial charge in [0.25, 0.3) is 10.0 Å². The summed E-state index contributed by atoms with van der Waals surface area (Å²) in [7, 11) is -4.03. The summed E-state index contributed by atoms with van der Waals surface area (Å²) < 4.78 is 49.9. The van der Waals surface area contributed by atoms with Gasteiger partial charge in [0.05, 0.1) is 27.6 Å². The molecule has 0 aromatic heterocycles. The Morgan fingerprint density at radius 1 is 1.17 bits per heavy atom. The summed E-state index contributed by atoms with van der Waals surface area (Å²) in [6, 6.07) is 16.1. The lowest BCUT2D eigenvalue weighted by molar-refractivity contribution is -0.156. The number of benzene rings is 3. The molecule has 0 radical (unpaired) electrons. The molecule has 1 N–H and O–H groups in total. The number of halogens is 2. The first kappa shape index (κ1) is 24.6. The van der Waals surface area contributed by atoms with Gasteiger partial charge < -0.3 is 9.84 Å². The van der Waals surface area contributed by atoms with Crippen LogP contribution in [-0.4, -0.2) is 32.1 Å². The number of sulfonamides is 1. The van der Waals surface area contributed by atoms with E-state index in [2.05, 4.69) is 0 Å². The van der Waals surface area contributed by atoms with Gasteiger partial charge in [-0.15, -0.1) is 0 Å². The third kappa shape index (κ3) is 4.22. The maximum absolute atomic E-state index is 14.8. The van der Waals surface area contributed by atoms with Crippen molar-refractivity contribution in [2.24, 2.45) is 5.41 Å². The summed E-state index contributed by atoms with van der Waals surface area (Å²) in [5, 5.41) is 9.78. The second kappa shape index (κ2) is 9.09. The molecule has 1 aliphatic heterocycles. The average molecular weight is 530 g/mol. The first-order valence-electron chi connectivity index (χ1n) is 11.7. The Balaban J connectivity index is 1.60. The second-order valence-electron chi connectivity index (χ2n) is 9.52. The standard InChI is InChI=1S/C27H25ClFNO5S/c1-17-5-2-6-20(13-17)36(33,34)30-16-19(15-27(26(31)32)11-4-12-27)35-24-10-9-18(14-23(24)30)21-7-3-8-22(28)25(21)29/h2-3,5-10,13-14,19H,4,11-12,15-16H2,1H3,(H,31,32)/t19-/m0/s1. The number of aryl methyl sites for hydroxylation is 1. The number of hydrogen-bond donors (Lipinski definition) is 1. The summed E-state index contributed by atoms with van der Waals surface area (Å²) in [6.07, 6.45) is 1.43. The van der Waals surface area contributed by atoms with Gasteiger partial charge in [-0.3, -0.25) is 9.10 Å². The molecule has 0 spiro atoms. The molecule has 36 heavy (non-hydrogen) atoms. The second-order valence-corrected chi connectivity index (χ2v) is 11.8. The van der Waals surface area contributed by atoms with Crippen LogP contribution in [-0.2, 0) is 14.8 Å². The molecule has 0 saturated heterocycles. The number of anilines is 1. The van der Waals surface area contributed by atoms with Crippen LogP contribution in [0, 0.1) is 18.2 Å². The van der Waals surface area contributed by atoms with Gasteiger partial charge in [-0.1, -0.05) is 48.4 Å². The molecule has 188 valence electrons. The molecule has 0 unspecified atom stereocenters. The van der Waals surface area contributed by atoms with E-state index in [4.69, 9.17) is 16.3 Å². The van der Waals surface area contributed by atoms with Crippen molar-refractivity contribution < 1.29 is 27.4 Å². The Labute approximate surface area is 214 Å². The molecule has 1 atom stereocenters. The van der Waals surface area contributed by atoms with E-state index in [1.54, 1.807) is 42.5 Å². The quantitative estimate of drug-likeness (QED) is 0.420. The molecule has 2 aliphatic rings. The van der Waals surface area contributed by atoms with Gasteiger partial charge in [0, 0.05) is 12.0 Å². The number of aliphatic carboxylic acids is 1. The molecule has 0 bridgehead atoms. The highest BCUT2D eigenvalue weighted by atomic mass is 35.5. The Morgan fingerprint density at radius 2 is 1.92 bits per heavy atom. The minimum Gasteiger partial charge on any atom is -0.486 e. The molecule has 0 amide bonds. The maximum Gasteiger partial charge on any atom is 0.309 e. The van der Waals surface area contributed by atoms with Crippen LogP contribution in [0.3, 0.4) is 0 Å².